The second-order valence-electron chi connectivity index (χ2n) is 4.77. The Morgan fingerprint density at radius 2 is 2.05 bits per heavy atom. The van der Waals surface area contributed by atoms with Gasteiger partial charge in [-0.05, 0) is 43.3 Å². The summed E-state index contributed by atoms with van der Waals surface area (Å²) >= 11 is 5.15. The van der Waals surface area contributed by atoms with Crippen LogP contribution in [0.4, 0.5) is 0 Å². The van der Waals surface area contributed by atoms with E-state index in [1.807, 2.05) is 0 Å². The molecule has 1 aromatic carbocycles. The molecule has 1 aliphatic rings. The Hall–Kier alpha value is -1.82. The Morgan fingerprint density at radius 3 is 2.75 bits per heavy atom. The highest BCUT2D eigenvalue weighted by Crippen LogP contribution is 2.17. The van der Waals surface area contributed by atoms with Crippen LogP contribution in [0.5, 0.6) is 5.75 Å². The van der Waals surface area contributed by atoms with Crippen molar-refractivity contribution in [1.29, 1.82) is 0 Å². The van der Waals surface area contributed by atoms with E-state index >= 15 is 0 Å². The quantitative estimate of drug-likeness (QED) is 0.585. The van der Waals surface area contributed by atoms with Crippen LogP contribution in [0.1, 0.15) is 36.0 Å². The number of hydrogen-bond acceptors (Lipinski definition) is 3. The van der Waals surface area contributed by atoms with E-state index < -0.39 is 0 Å². The topological polar surface area (TPSA) is 62.4 Å². The summed E-state index contributed by atoms with van der Waals surface area (Å²) in [7, 11) is 1.57. The van der Waals surface area contributed by atoms with Crippen LogP contribution in [-0.2, 0) is 0 Å². The highest BCUT2D eigenvalue weighted by molar-refractivity contribution is 7.80. The van der Waals surface area contributed by atoms with Gasteiger partial charge in [-0.25, -0.2) is 0 Å². The molecule has 1 aliphatic carbocycles. The van der Waals surface area contributed by atoms with E-state index in [4.69, 9.17) is 17.0 Å². The number of carbonyl (C=O) groups excluding carboxylic acids is 1. The van der Waals surface area contributed by atoms with E-state index in [2.05, 4.69) is 16.2 Å². The summed E-state index contributed by atoms with van der Waals surface area (Å²) in [6.45, 7) is 0. The van der Waals surface area contributed by atoms with E-state index in [0.717, 1.165) is 12.8 Å². The summed E-state index contributed by atoms with van der Waals surface area (Å²) in [5.41, 5.74) is 5.82. The fraction of sp³-hybridized carbons (Fsp3) is 0.429. The lowest BCUT2D eigenvalue weighted by atomic mass is 10.2. The minimum atomic E-state index is -0.250. The highest BCUT2D eigenvalue weighted by atomic mass is 32.1. The van der Waals surface area contributed by atoms with Crippen molar-refractivity contribution in [2.75, 3.05) is 7.11 Å². The molecule has 0 aromatic heterocycles. The van der Waals surface area contributed by atoms with Gasteiger partial charge in [0.1, 0.15) is 5.75 Å². The molecule has 2 rings (SSSR count). The van der Waals surface area contributed by atoms with Gasteiger partial charge in [0, 0.05) is 11.6 Å². The third-order valence-corrected chi connectivity index (χ3v) is 3.53. The Kier molecular flexibility index (Phi) is 5.17. The monoisotopic (exact) mass is 293 g/mol. The molecule has 0 atom stereocenters. The molecule has 1 amide bonds. The predicted molar refractivity (Wildman–Crippen MR) is 81.6 cm³/mol. The van der Waals surface area contributed by atoms with Crippen molar-refractivity contribution in [3.8, 4) is 5.75 Å². The smallest absolute Gasteiger partial charge is 0.269 e. The molecule has 3 N–H and O–H groups in total. The van der Waals surface area contributed by atoms with Crippen LogP contribution in [0.2, 0.25) is 0 Å². The Morgan fingerprint density at radius 1 is 1.30 bits per heavy atom. The first-order valence-corrected chi connectivity index (χ1v) is 7.11. The van der Waals surface area contributed by atoms with E-state index in [1.54, 1.807) is 31.4 Å². The molecule has 0 heterocycles. The number of benzene rings is 1. The zero-order valence-electron chi connectivity index (χ0n) is 11.4. The molecule has 5 nitrogen and oxygen atoms in total. The summed E-state index contributed by atoms with van der Waals surface area (Å²) in [6.07, 6.45) is 4.73. The normalized spacial score (nSPS) is 14.7. The van der Waals surface area contributed by atoms with E-state index in [-0.39, 0.29) is 5.91 Å². The molecule has 1 fully saturated rings. The van der Waals surface area contributed by atoms with Crippen LogP contribution in [-0.4, -0.2) is 24.2 Å². The van der Waals surface area contributed by atoms with Gasteiger partial charge in [0.15, 0.2) is 5.11 Å². The van der Waals surface area contributed by atoms with Crippen molar-refractivity contribution in [2.24, 2.45) is 0 Å². The Balaban J connectivity index is 1.80. The summed E-state index contributed by atoms with van der Waals surface area (Å²) in [4.78, 5) is 11.9. The molecule has 0 bridgehead atoms. The second kappa shape index (κ2) is 7.09. The van der Waals surface area contributed by atoms with Gasteiger partial charge in [0.25, 0.3) is 5.91 Å². The number of ether oxygens (including phenoxy) is 1. The van der Waals surface area contributed by atoms with Crippen LogP contribution in [0, 0.1) is 0 Å². The summed E-state index contributed by atoms with van der Waals surface area (Å²) < 4.78 is 5.08. The van der Waals surface area contributed by atoms with Crippen molar-refractivity contribution in [1.82, 2.24) is 16.2 Å². The third-order valence-electron chi connectivity index (χ3n) is 3.31. The average molecular weight is 293 g/mol. The fourth-order valence-corrected chi connectivity index (χ4v) is 2.46. The first-order chi connectivity index (χ1) is 9.69. The van der Waals surface area contributed by atoms with Crippen LogP contribution >= 0.6 is 12.2 Å². The van der Waals surface area contributed by atoms with E-state index in [9.17, 15) is 4.79 Å². The Labute approximate surface area is 124 Å². The summed E-state index contributed by atoms with van der Waals surface area (Å²) in [5.74, 6) is 0.392. The van der Waals surface area contributed by atoms with Crippen LogP contribution in [0.3, 0.4) is 0 Å². The van der Waals surface area contributed by atoms with Crippen molar-refractivity contribution < 1.29 is 9.53 Å². The zero-order chi connectivity index (χ0) is 14.4. The van der Waals surface area contributed by atoms with Crippen molar-refractivity contribution in [2.45, 2.75) is 31.7 Å². The lowest BCUT2D eigenvalue weighted by Crippen LogP contribution is -2.49. The second-order valence-corrected chi connectivity index (χ2v) is 5.17. The maximum absolute atomic E-state index is 11.9. The van der Waals surface area contributed by atoms with Gasteiger partial charge >= 0.3 is 0 Å². The number of hydrazine groups is 1. The lowest BCUT2D eigenvalue weighted by Gasteiger charge is -2.16. The third kappa shape index (κ3) is 4.09. The average Bonchev–Trinajstić information content (AvgIpc) is 2.97. The van der Waals surface area contributed by atoms with Gasteiger partial charge in [0.2, 0.25) is 0 Å². The van der Waals surface area contributed by atoms with Gasteiger partial charge in [-0.3, -0.25) is 15.6 Å². The number of methoxy groups -OCH3 is 1. The number of carbonyl (C=O) groups is 1. The van der Waals surface area contributed by atoms with Gasteiger partial charge in [0.05, 0.1) is 7.11 Å². The number of rotatable bonds is 3. The van der Waals surface area contributed by atoms with Gasteiger partial charge < -0.3 is 10.1 Å². The SMILES string of the molecule is COc1cccc(C(=O)NNC(=S)NC2CCCC2)c1. The van der Waals surface area contributed by atoms with Crippen LogP contribution in [0.15, 0.2) is 24.3 Å². The van der Waals surface area contributed by atoms with Crippen molar-refractivity contribution in [3.63, 3.8) is 0 Å². The molecular weight excluding hydrogens is 274 g/mol. The Bertz CT molecular complexity index is 487. The van der Waals surface area contributed by atoms with Crippen LogP contribution in [0.25, 0.3) is 0 Å². The molecule has 108 valence electrons. The fourth-order valence-electron chi connectivity index (χ4n) is 2.24. The lowest BCUT2D eigenvalue weighted by molar-refractivity contribution is 0.0943. The number of nitrogens with one attached hydrogen (secondary N) is 3. The highest BCUT2D eigenvalue weighted by Gasteiger charge is 2.15. The maximum atomic E-state index is 11.9. The van der Waals surface area contributed by atoms with Crippen molar-refractivity contribution in [3.05, 3.63) is 29.8 Å². The largest absolute Gasteiger partial charge is 0.497 e. The van der Waals surface area contributed by atoms with Crippen LogP contribution < -0.4 is 20.9 Å². The number of hydrogen-bond donors (Lipinski definition) is 3. The predicted octanol–water partition coefficient (Wildman–Crippen LogP) is 1.75. The molecule has 0 radical (unpaired) electrons. The number of amides is 1. The molecule has 1 aromatic rings. The van der Waals surface area contributed by atoms with Gasteiger partial charge in [-0.15, -0.1) is 0 Å². The minimum Gasteiger partial charge on any atom is -0.497 e. The molecule has 0 unspecified atom stereocenters. The summed E-state index contributed by atoms with van der Waals surface area (Å²) in [5, 5.41) is 3.64. The maximum Gasteiger partial charge on any atom is 0.269 e. The molecular formula is C14H19N3O2S. The summed E-state index contributed by atoms with van der Waals surface area (Å²) in [6, 6.07) is 7.36. The van der Waals surface area contributed by atoms with Gasteiger partial charge in [-0.2, -0.15) is 0 Å². The molecule has 0 aliphatic heterocycles. The molecule has 20 heavy (non-hydrogen) atoms. The first kappa shape index (κ1) is 14.6. The van der Waals surface area contributed by atoms with Crippen molar-refractivity contribution >= 4 is 23.2 Å². The standard InChI is InChI=1S/C14H19N3O2S/c1-19-12-8-4-5-10(9-12)13(18)16-17-14(20)15-11-6-2-3-7-11/h4-5,8-9,11H,2-3,6-7H2,1H3,(H,16,18)(H2,15,17,20). The zero-order valence-corrected chi connectivity index (χ0v) is 12.3. The molecule has 0 saturated heterocycles. The number of thiocarbonyl (C=S) groups is 1. The van der Waals surface area contributed by atoms with Gasteiger partial charge in [-0.1, -0.05) is 18.9 Å². The van der Waals surface area contributed by atoms with E-state index in [0.29, 0.717) is 22.5 Å². The first-order valence-electron chi connectivity index (χ1n) is 6.70. The minimum absolute atomic E-state index is 0.250. The van der Waals surface area contributed by atoms with E-state index in [1.165, 1.54) is 12.8 Å². The molecule has 6 heteroatoms. The molecule has 1 saturated carbocycles. The molecule has 0 spiro atoms.